The summed E-state index contributed by atoms with van der Waals surface area (Å²) in [5.74, 6) is 1.49. The Bertz CT molecular complexity index is 972. The molecule has 0 radical (unpaired) electrons. The molecule has 4 heteroatoms. The van der Waals surface area contributed by atoms with Gasteiger partial charge >= 0.3 is 0 Å². The van der Waals surface area contributed by atoms with Crippen LogP contribution in [-0.4, -0.2) is 12.5 Å². The van der Waals surface area contributed by atoms with Gasteiger partial charge in [0.05, 0.1) is 0 Å². The molecule has 0 spiro atoms. The van der Waals surface area contributed by atoms with Crippen molar-refractivity contribution in [2.24, 2.45) is 0 Å². The van der Waals surface area contributed by atoms with Gasteiger partial charge in [-0.2, -0.15) is 0 Å². The van der Waals surface area contributed by atoms with Gasteiger partial charge in [0.15, 0.2) is 11.5 Å². The highest BCUT2D eigenvalue weighted by molar-refractivity contribution is 5.80. The van der Waals surface area contributed by atoms with Crippen LogP contribution >= 0.6 is 0 Å². The van der Waals surface area contributed by atoms with Crippen molar-refractivity contribution in [1.29, 1.82) is 0 Å². The summed E-state index contributed by atoms with van der Waals surface area (Å²) in [6.45, 7) is 3.67. The molecular formula is C25H25NO3. The maximum atomic E-state index is 11.8. The van der Waals surface area contributed by atoms with Crippen molar-refractivity contribution in [1.82, 2.24) is 5.32 Å². The van der Waals surface area contributed by atoms with E-state index in [9.17, 15) is 4.79 Å². The smallest absolute Gasteiger partial charge is 0.220 e. The molecular weight excluding hydrogens is 362 g/mol. The van der Waals surface area contributed by atoms with Crippen LogP contribution in [0.1, 0.15) is 30.0 Å². The average Bonchev–Trinajstić information content (AvgIpc) is 3.12. The molecule has 29 heavy (non-hydrogen) atoms. The molecule has 4 rings (SSSR count). The number of amides is 1. The first-order chi connectivity index (χ1) is 14.1. The monoisotopic (exact) mass is 387 g/mol. The molecule has 4 nitrogen and oxygen atoms in total. The van der Waals surface area contributed by atoms with Crippen molar-refractivity contribution >= 4 is 5.91 Å². The lowest BCUT2D eigenvalue weighted by molar-refractivity contribution is -0.119. The number of carbonyl (C=O) groups is 1. The fraction of sp³-hybridized carbons (Fsp3) is 0.240. The van der Waals surface area contributed by atoms with Crippen LogP contribution < -0.4 is 14.8 Å². The summed E-state index contributed by atoms with van der Waals surface area (Å²) in [6.07, 6.45) is 0.481. The maximum Gasteiger partial charge on any atom is 0.220 e. The van der Waals surface area contributed by atoms with Gasteiger partial charge in [-0.1, -0.05) is 73.7 Å². The molecule has 3 aromatic rings. The molecule has 0 aromatic heterocycles. The van der Waals surface area contributed by atoms with Gasteiger partial charge in [-0.05, 0) is 28.8 Å². The lowest BCUT2D eigenvalue weighted by Crippen LogP contribution is -2.25. The van der Waals surface area contributed by atoms with E-state index in [0.717, 1.165) is 16.7 Å². The number of hydrogen-bond acceptors (Lipinski definition) is 3. The second kappa shape index (κ2) is 8.39. The Morgan fingerprint density at radius 2 is 1.41 bits per heavy atom. The lowest BCUT2D eigenvalue weighted by Gasteiger charge is -2.24. The Morgan fingerprint density at radius 3 is 1.97 bits per heavy atom. The summed E-state index contributed by atoms with van der Waals surface area (Å²) in [5.41, 5.74) is 3.03. The molecule has 1 atom stereocenters. The van der Waals surface area contributed by atoms with Crippen LogP contribution in [0.4, 0.5) is 0 Å². The van der Waals surface area contributed by atoms with Crippen molar-refractivity contribution in [3.8, 4) is 11.5 Å². The molecule has 1 aliphatic rings. The van der Waals surface area contributed by atoms with Gasteiger partial charge in [-0.3, -0.25) is 4.79 Å². The normalized spacial score (nSPS) is 18.3. The summed E-state index contributed by atoms with van der Waals surface area (Å²) >= 11 is 0. The number of carbonyl (C=O) groups excluding carboxylic acids is 1. The highest BCUT2D eigenvalue weighted by atomic mass is 16.5. The molecule has 1 saturated heterocycles. The second-order valence-electron chi connectivity index (χ2n) is 7.72. The van der Waals surface area contributed by atoms with Crippen LogP contribution in [0.5, 0.6) is 11.5 Å². The Morgan fingerprint density at radius 1 is 0.828 bits per heavy atom. The van der Waals surface area contributed by atoms with Crippen LogP contribution in [0.15, 0.2) is 78.9 Å². The second-order valence-corrected chi connectivity index (χ2v) is 7.72. The zero-order chi connectivity index (χ0) is 20.1. The topological polar surface area (TPSA) is 47.6 Å². The van der Waals surface area contributed by atoms with Gasteiger partial charge in [0, 0.05) is 18.4 Å². The van der Waals surface area contributed by atoms with Crippen molar-refractivity contribution in [3.05, 3.63) is 95.6 Å². The largest absolute Gasteiger partial charge is 0.485 e. The molecule has 0 aliphatic carbocycles. The first-order valence-electron chi connectivity index (χ1n) is 9.87. The van der Waals surface area contributed by atoms with E-state index in [-0.39, 0.29) is 11.3 Å². The predicted octanol–water partition coefficient (Wildman–Crippen LogP) is 4.62. The molecule has 1 unspecified atom stereocenters. The number of hydrogen-bond donors (Lipinski definition) is 1. The Kier molecular flexibility index (Phi) is 5.52. The van der Waals surface area contributed by atoms with E-state index in [4.69, 9.17) is 9.47 Å². The van der Waals surface area contributed by atoms with Gasteiger partial charge in [0.1, 0.15) is 13.2 Å². The molecule has 0 saturated carbocycles. The van der Waals surface area contributed by atoms with Crippen molar-refractivity contribution in [2.45, 2.75) is 32.0 Å². The third-order valence-electron chi connectivity index (χ3n) is 5.34. The SMILES string of the molecule is CC1(c2ccc(OCc3ccccc3)c(OCc3ccccc3)c2)CNC(=O)C1. The number of benzene rings is 3. The van der Waals surface area contributed by atoms with E-state index in [1.165, 1.54) is 0 Å². The lowest BCUT2D eigenvalue weighted by atomic mass is 9.81. The number of ether oxygens (including phenoxy) is 2. The van der Waals surface area contributed by atoms with Gasteiger partial charge < -0.3 is 14.8 Å². The predicted molar refractivity (Wildman–Crippen MR) is 113 cm³/mol. The summed E-state index contributed by atoms with van der Waals surface area (Å²) < 4.78 is 12.2. The molecule has 1 fully saturated rings. The quantitative estimate of drug-likeness (QED) is 0.643. The fourth-order valence-corrected chi connectivity index (χ4v) is 3.56. The van der Waals surface area contributed by atoms with Gasteiger partial charge in [-0.15, -0.1) is 0 Å². The molecule has 1 amide bonds. The van der Waals surface area contributed by atoms with E-state index in [1.54, 1.807) is 0 Å². The third kappa shape index (κ3) is 4.60. The minimum atomic E-state index is -0.236. The number of rotatable bonds is 7. The van der Waals surface area contributed by atoms with Crippen molar-refractivity contribution in [2.75, 3.05) is 6.54 Å². The van der Waals surface area contributed by atoms with E-state index >= 15 is 0 Å². The first kappa shape index (κ1) is 19.1. The molecule has 3 aromatic carbocycles. The van der Waals surface area contributed by atoms with Gasteiger partial charge in [0.25, 0.3) is 0 Å². The first-order valence-corrected chi connectivity index (χ1v) is 9.87. The van der Waals surface area contributed by atoms with Crippen LogP contribution in [0.3, 0.4) is 0 Å². The van der Waals surface area contributed by atoms with E-state index in [1.807, 2.05) is 78.9 Å². The Labute approximate surface area is 171 Å². The molecule has 1 heterocycles. The van der Waals surface area contributed by atoms with Crippen LogP contribution in [0.2, 0.25) is 0 Å². The molecule has 0 bridgehead atoms. The third-order valence-corrected chi connectivity index (χ3v) is 5.34. The van der Waals surface area contributed by atoms with Crippen LogP contribution in [0.25, 0.3) is 0 Å². The zero-order valence-corrected chi connectivity index (χ0v) is 16.6. The minimum absolute atomic E-state index is 0.0867. The highest BCUT2D eigenvalue weighted by Gasteiger charge is 2.36. The van der Waals surface area contributed by atoms with Crippen LogP contribution in [-0.2, 0) is 23.4 Å². The van der Waals surface area contributed by atoms with Crippen LogP contribution in [0, 0.1) is 0 Å². The van der Waals surface area contributed by atoms with Gasteiger partial charge in [-0.25, -0.2) is 0 Å². The summed E-state index contributed by atoms with van der Waals surface area (Å²) in [6, 6.07) is 26.1. The van der Waals surface area contributed by atoms with E-state index in [2.05, 4.69) is 12.2 Å². The van der Waals surface area contributed by atoms with Crippen molar-refractivity contribution in [3.63, 3.8) is 0 Å². The Hall–Kier alpha value is -3.27. The molecule has 1 N–H and O–H groups in total. The van der Waals surface area contributed by atoms with E-state index < -0.39 is 0 Å². The van der Waals surface area contributed by atoms with E-state index in [0.29, 0.717) is 37.7 Å². The number of nitrogens with one attached hydrogen (secondary N) is 1. The maximum absolute atomic E-state index is 11.8. The minimum Gasteiger partial charge on any atom is -0.485 e. The Balaban J connectivity index is 1.57. The standard InChI is InChI=1S/C25H25NO3/c1-25(15-24(27)26-18-25)21-12-13-22(28-16-19-8-4-2-5-9-19)23(14-21)29-17-20-10-6-3-7-11-20/h2-14H,15-18H2,1H3,(H,26,27). The zero-order valence-electron chi connectivity index (χ0n) is 16.6. The summed E-state index contributed by atoms with van der Waals surface area (Å²) in [5, 5.41) is 2.94. The fourth-order valence-electron chi connectivity index (χ4n) is 3.56. The highest BCUT2D eigenvalue weighted by Crippen LogP contribution is 2.37. The molecule has 148 valence electrons. The van der Waals surface area contributed by atoms with Crippen molar-refractivity contribution < 1.29 is 14.3 Å². The molecule has 1 aliphatic heterocycles. The van der Waals surface area contributed by atoms with Gasteiger partial charge in [0.2, 0.25) is 5.91 Å². The summed E-state index contributed by atoms with van der Waals surface area (Å²) in [7, 11) is 0. The summed E-state index contributed by atoms with van der Waals surface area (Å²) in [4.78, 5) is 11.8. The average molecular weight is 387 g/mol.